The van der Waals surface area contributed by atoms with Crippen LogP contribution in [0.25, 0.3) is 0 Å². The van der Waals surface area contributed by atoms with Gasteiger partial charge in [0, 0.05) is 6.54 Å². The summed E-state index contributed by atoms with van der Waals surface area (Å²) < 4.78 is 9.98. The van der Waals surface area contributed by atoms with Crippen molar-refractivity contribution in [1.29, 1.82) is 0 Å². The monoisotopic (exact) mass is 273 g/mol. The summed E-state index contributed by atoms with van der Waals surface area (Å²) in [6.07, 6.45) is 0. The Balaban J connectivity index is 1.81. The van der Waals surface area contributed by atoms with Crippen molar-refractivity contribution in [2.75, 3.05) is 13.7 Å². The maximum atomic E-state index is 11.3. The second-order valence-electron chi connectivity index (χ2n) is 4.70. The van der Waals surface area contributed by atoms with Gasteiger partial charge in [-0.1, -0.05) is 37.3 Å². The minimum Gasteiger partial charge on any atom is -0.463 e. The van der Waals surface area contributed by atoms with Crippen LogP contribution in [0, 0.1) is 0 Å². The number of nitrogens with one attached hydrogen (secondary N) is 1. The molecule has 1 aromatic carbocycles. The van der Waals surface area contributed by atoms with E-state index in [4.69, 9.17) is 4.42 Å². The highest BCUT2D eigenvalue weighted by molar-refractivity contribution is 5.86. The average Bonchev–Trinajstić information content (AvgIpc) is 2.96. The molecular formula is C16H19NO3. The summed E-state index contributed by atoms with van der Waals surface area (Å²) in [7, 11) is 1.34. The summed E-state index contributed by atoms with van der Waals surface area (Å²) in [5, 5.41) is 3.32. The third-order valence-electron chi connectivity index (χ3n) is 3.17. The highest BCUT2D eigenvalue weighted by Crippen LogP contribution is 2.14. The topological polar surface area (TPSA) is 51.5 Å². The second kappa shape index (κ2) is 6.91. The molecule has 0 saturated heterocycles. The van der Waals surface area contributed by atoms with E-state index in [-0.39, 0.29) is 5.76 Å². The zero-order valence-electron chi connectivity index (χ0n) is 11.8. The van der Waals surface area contributed by atoms with Gasteiger partial charge in [-0.15, -0.1) is 0 Å². The lowest BCUT2D eigenvalue weighted by Gasteiger charge is -2.12. The first-order chi connectivity index (χ1) is 9.70. The van der Waals surface area contributed by atoms with E-state index in [1.807, 2.05) is 18.2 Å². The van der Waals surface area contributed by atoms with Crippen LogP contribution in [-0.4, -0.2) is 19.6 Å². The number of benzene rings is 1. The van der Waals surface area contributed by atoms with E-state index in [1.165, 1.54) is 12.7 Å². The molecule has 2 aromatic rings. The Labute approximate surface area is 118 Å². The molecule has 106 valence electrons. The lowest BCUT2D eigenvalue weighted by molar-refractivity contribution is 0.0563. The van der Waals surface area contributed by atoms with Crippen molar-refractivity contribution in [1.82, 2.24) is 5.32 Å². The van der Waals surface area contributed by atoms with Gasteiger partial charge < -0.3 is 14.5 Å². The quantitative estimate of drug-likeness (QED) is 0.822. The molecule has 0 aliphatic heterocycles. The maximum absolute atomic E-state index is 11.3. The predicted molar refractivity (Wildman–Crippen MR) is 76.6 cm³/mol. The van der Waals surface area contributed by atoms with Crippen LogP contribution in [0.1, 0.15) is 34.7 Å². The third-order valence-corrected chi connectivity index (χ3v) is 3.17. The summed E-state index contributed by atoms with van der Waals surface area (Å²) in [6.45, 7) is 3.61. The van der Waals surface area contributed by atoms with Gasteiger partial charge in [0.2, 0.25) is 5.76 Å². The molecule has 20 heavy (non-hydrogen) atoms. The van der Waals surface area contributed by atoms with Gasteiger partial charge in [-0.3, -0.25) is 0 Å². The average molecular weight is 273 g/mol. The third kappa shape index (κ3) is 3.71. The summed E-state index contributed by atoms with van der Waals surface area (Å²) in [5.41, 5.74) is 1.30. The molecule has 0 fully saturated rings. The fraction of sp³-hybridized carbons (Fsp3) is 0.312. The molecule has 0 saturated carbocycles. The number of methoxy groups -OCH3 is 1. The fourth-order valence-electron chi connectivity index (χ4n) is 1.99. The first kappa shape index (κ1) is 14.3. The SMILES string of the molecule is COC(=O)c1ccc(CNCC(C)c2ccccc2)o1. The first-order valence-electron chi connectivity index (χ1n) is 6.63. The molecule has 1 heterocycles. The minimum absolute atomic E-state index is 0.236. The number of ether oxygens (including phenoxy) is 1. The molecule has 4 heteroatoms. The van der Waals surface area contributed by atoms with E-state index in [0.717, 1.165) is 12.3 Å². The van der Waals surface area contributed by atoms with E-state index < -0.39 is 5.97 Å². The molecule has 0 aliphatic carbocycles. The molecule has 0 spiro atoms. The van der Waals surface area contributed by atoms with Crippen LogP contribution < -0.4 is 5.32 Å². The van der Waals surface area contributed by atoms with E-state index >= 15 is 0 Å². The standard InChI is InChI=1S/C16H19NO3/c1-12(13-6-4-3-5-7-13)10-17-11-14-8-9-15(20-14)16(18)19-2/h3-9,12,17H,10-11H2,1-2H3. The van der Waals surface area contributed by atoms with Crippen molar-refractivity contribution in [3.8, 4) is 0 Å². The maximum Gasteiger partial charge on any atom is 0.373 e. The van der Waals surface area contributed by atoms with Crippen molar-refractivity contribution < 1.29 is 13.9 Å². The molecule has 0 aliphatic rings. The zero-order valence-corrected chi connectivity index (χ0v) is 11.8. The van der Waals surface area contributed by atoms with Crippen LogP contribution in [0.4, 0.5) is 0 Å². The van der Waals surface area contributed by atoms with Crippen LogP contribution in [0.15, 0.2) is 46.9 Å². The van der Waals surface area contributed by atoms with Gasteiger partial charge in [0.1, 0.15) is 5.76 Å². The van der Waals surface area contributed by atoms with Crippen LogP contribution in [0.2, 0.25) is 0 Å². The summed E-state index contributed by atoms with van der Waals surface area (Å²) in [5.74, 6) is 0.936. The van der Waals surface area contributed by atoms with E-state index in [9.17, 15) is 4.79 Å². The summed E-state index contributed by atoms with van der Waals surface area (Å²) in [4.78, 5) is 11.3. The Kier molecular flexibility index (Phi) is 4.96. The van der Waals surface area contributed by atoms with Gasteiger partial charge in [0.25, 0.3) is 0 Å². The Hall–Kier alpha value is -2.07. The van der Waals surface area contributed by atoms with Gasteiger partial charge in [-0.05, 0) is 23.6 Å². The lowest BCUT2D eigenvalue weighted by Crippen LogP contribution is -2.19. The molecule has 4 nitrogen and oxygen atoms in total. The molecule has 1 unspecified atom stereocenters. The van der Waals surface area contributed by atoms with E-state index in [1.54, 1.807) is 12.1 Å². The molecule has 0 radical (unpaired) electrons. The summed E-state index contributed by atoms with van der Waals surface area (Å²) in [6, 6.07) is 13.8. The number of rotatable bonds is 6. The van der Waals surface area contributed by atoms with Crippen molar-refractivity contribution in [3.63, 3.8) is 0 Å². The molecule has 1 N–H and O–H groups in total. The van der Waals surface area contributed by atoms with Crippen molar-refractivity contribution >= 4 is 5.97 Å². The predicted octanol–water partition coefficient (Wildman–Crippen LogP) is 2.96. The molecule has 1 atom stereocenters. The van der Waals surface area contributed by atoms with Gasteiger partial charge in [-0.2, -0.15) is 0 Å². The fourth-order valence-corrected chi connectivity index (χ4v) is 1.99. The van der Waals surface area contributed by atoms with Crippen LogP contribution in [-0.2, 0) is 11.3 Å². The molecular weight excluding hydrogens is 254 g/mol. The van der Waals surface area contributed by atoms with Crippen molar-refractivity contribution in [2.24, 2.45) is 0 Å². The van der Waals surface area contributed by atoms with Crippen LogP contribution in [0.3, 0.4) is 0 Å². The van der Waals surface area contributed by atoms with Crippen LogP contribution >= 0.6 is 0 Å². The van der Waals surface area contributed by atoms with Crippen molar-refractivity contribution in [2.45, 2.75) is 19.4 Å². The van der Waals surface area contributed by atoms with E-state index in [0.29, 0.717) is 12.5 Å². The Morgan fingerprint density at radius 1 is 1.25 bits per heavy atom. The minimum atomic E-state index is -0.450. The first-order valence-corrected chi connectivity index (χ1v) is 6.63. The summed E-state index contributed by atoms with van der Waals surface area (Å²) >= 11 is 0. The second-order valence-corrected chi connectivity index (χ2v) is 4.70. The number of hydrogen-bond acceptors (Lipinski definition) is 4. The Bertz CT molecular complexity index is 548. The Morgan fingerprint density at radius 3 is 2.70 bits per heavy atom. The molecule has 0 bridgehead atoms. The normalized spacial score (nSPS) is 12.1. The number of furan rings is 1. The zero-order chi connectivity index (χ0) is 14.4. The van der Waals surface area contributed by atoms with Crippen LogP contribution in [0.5, 0.6) is 0 Å². The molecule has 0 amide bonds. The number of carbonyl (C=O) groups excluding carboxylic acids is 1. The van der Waals surface area contributed by atoms with Crippen molar-refractivity contribution in [3.05, 3.63) is 59.5 Å². The lowest BCUT2D eigenvalue weighted by atomic mass is 10.0. The van der Waals surface area contributed by atoms with E-state index in [2.05, 4.69) is 29.1 Å². The van der Waals surface area contributed by atoms with Gasteiger partial charge in [0.05, 0.1) is 13.7 Å². The number of carbonyl (C=O) groups is 1. The Morgan fingerprint density at radius 2 is 2.00 bits per heavy atom. The number of hydrogen-bond donors (Lipinski definition) is 1. The van der Waals surface area contributed by atoms with Gasteiger partial charge in [-0.25, -0.2) is 4.79 Å². The highest BCUT2D eigenvalue weighted by atomic mass is 16.5. The number of esters is 1. The largest absolute Gasteiger partial charge is 0.463 e. The molecule has 2 rings (SSSR count). The smallest absolute Gasteiger partial charge is 0.373 e. The highest BCUT2D eigenvalue weighted by Gasteiger charge is 2.11. The van der Waals surface area contributed by atoms with Gasteiger partial charge >= 0.3 is 5.97 Å². The van der Waals surface area contributed by atoms with Gasteiger partial charge in [0.15, 0.2) is 0 Å². The molecule has 1 aromatic heterocycles.